The molecule has 0 aliphatic carbocycles. The summed E-state index contributed by atoms with van der Waals surface area (Å²) in [7, 11) is 1.60. The first-order valence-electron chi connectivity index (χ1n) is 13.5. The van der Waals surface area contributed by atoms with E-state index in [1.807, 2.05) is 46.2 Å². The van der Waals surface area contributed by atoms with Crippen LogP contribution in [-0.4, -0.2) is 92.0 Å². The number of amides is 3. The zero-order chi connectivity index (χ0) is 27.9. The van der Waals surface area contributed by atoms with Gasteiger partial charge in [0, 0.05) is 75.9 Å². The Morgan fingerprint density at radius 2 is 1.48 bits per heavy atom. The minimum Gasteiger partial charge on any atom is -0.497 e. The van der Waals surface area contributed by atoms with Gasteiger partial charge in [0.25, 0.3) is 11.8 Å². The predicted molar refractivity (Wildman–Crippen MR) is 153 cm³/mol. The molecule has 0 atom stereocenters. The van der Waals surface area contributed by atoms with E-state index in [0.29, 0.717) is 56.1 Å². The molecule has 0 saturated carbocycles. The molecule has 5 rings (SSSR count). The zero-order valence-electron chi connectivity index (χ0n) is 22.6. The third kappa shape index (κ3) is 6.40. The zero-order valence-corrected chi connectivity index (χ0v) is 22.6. The van der Waals surface area contributed by atoms with Gasteiger partial charge in [0.05, 0.1) is 24.9 Å². The van der Waals surface area contributed by atoms with Crippen LogP contribution in [0.1, 0.15) is 26.3 Å². The van der Waals surface area contributed by atoms with Crippen LogP contribution in [0.3, 0.4) is 0 Å². The summed E-state index contributed by atoms with van der Waals surface area (Å²) in [5.41, 5.74) is 3.43. The number of carbonyl (C=O) groups is 3. The predicted octanol–water partition coefficient (Wildman–Crippen LogP) is 2.28. The van der Waals surface area contributed by atoms with Crippen molar-refractivity contribution in [1.82, 2.24) is 20.1 Å². The van der Waals surface area contributed by atoms with Gasteiger partial charge >= 0.3 is 0 Å². The fourth-order valence-corrected chi connectivity index (χ4v) is 5.05. The number of anilines is 2. The maximum Gasteiger partial charge on any atom is 0.254 e. The van der Waals surface area contributed by atoms with Crippen molar-refractivity contribution in [2.45, 2.75) is 6.42 Å². The van der Waals surface area contributed by atoms with E-state index in [1.54, 1.807) is 37.7 Å². The molecule has 40 heavy (non-hydrogen) atoms. The van der Waals surface area contributed by atoms with E-state index in [9.17, 15) is 14.4 Å². The van der Waals surface area contributed by atoms with Gasteiger partial charge in [-0.15, -0.1) is 0 Å². The lowest BCUT2D eigenvalue weighted by atomic mass is 10.1. The number of benzene rings is 2. The summed E-state index contributed by atoms with van der Waals surface area (Å²) in [6.45, 7) is 5.10. The molecule has 2 aliphatic heterocycles. The second-order valence-corrected chi connectivity index (χ2v) is 9.86. The summed E-state index contributed by atoms with van der Waals surface area (Å²) in [5.74, 6) is 0.482. The van der Waals surface area contributed by atoms with E-state index in [1.165, 1.54) is 0 Å². The molecule has 3 aromatic rings. The summed E-state index contributed by atoms with van der Waals surface area (Å²) >= 11 is 0. The molecule has 2 fully saturated rings. The molecule has 0 spiro atoms. The summed E-state index contributed by atoms with van der Waals surface area (Å²) in [5, 5.41) is 6.33. The quantitative estimate of drug-likeness (QED) is 0.472. The highest BCUT2D eigenvalue weighted by atomic mass is 16.5. The molecule has 2 aliphatic rings. The molecule has 0 unspecified atom stereocenters. The van der Waals surface area contributed by atoms with E-state index < -0.39 is 0 Å². The first-order chi connectivity index (χ1) is 19.5. The molecule has 0 bridgehead atoms. The standard InChI is InChI=1S/C30H34N6O4/c1-40-25-5-2-22(3-6-25)20-28(37)33-26-21-24(30(39)35-14-12-32-13-15-35)4-7-27(26)34-16-18-36(19-17-34)29(38)23-8-10-31-11-9-23/h2-11,21,32H,12-20H2,1H3,(H,33,37). The monoisotopic (exact) mass is 542 g/mol. The number of rotatable bonds is 7. The van der Waals surface area contributed by atoms with Crippen LogP contribution in [0.4, 0.5) is 11.4 Å². The molecule has 10 nitrogen and oxygen atoms in total. The number of ether oxygens (including phenoxy) is 1. The van der Waals surface area contributed by atoms with Crippen LogP contribution in [0.25, 0.3) is 0 Å². The fourth-order valence-electron chi connectivity index (χ4n) is 5.05. The topological polar surface area (TPSA) is 107 Å². The van der Waals surface area contributed by atoms with Crippen LogP contribution >= 0.6 is 0 Å². The van der Waals surface area contributed by atoms with Crippen molar-refractivity contribution in [1.29, 1.82) is 0 Å². The van der Waals surface area contributed by atoms with Crippen LogP contribution in [0.5, 0.6) is 5.75 Å². The molecule has 3 heterocycles. The molecule has 0 radical (unpaired) electrons. The number of carbonyl (C=O) groups excluding carboxylic acids is 3. The van der Waals surface area contributed by atoms with E-state index in [-0.39, 0.29) is 24.1 Å². The van der Waals surface area contributed by atoms with Gasteiger partial charge < -0.3 is 30.1 Å². The molecule has 2 N–H and O–H groups in total. The van der Waals surface area contributed by atoms with Crippen LogP contribution in [0, 0.1) is 0 Å². The highest BCUT2D eigenvalue weighted by molar-refractivity contribution is 6.00. The van der Waals surface area contributed by atoms with Gasteiger partial charge in [0.2, 0.25) is 5.91 Å². The van der Waals surface area contributed by atoms with Crippen LogP contribution in [0.2, 0.25) is 0 Å². The van der Waals surface area contributed by atoms with Crippen molar-refractivity contribution in [2.75, 3.05) is 69.7 Å². The molecule has 3 amide bonds. The Morgan fingerprint density at radius 1 is 0.825 bits per heavy atom. The number of hydrogen-bond donors (Lipinski definition) is 2. The van der Waals surface area contributed by atoms with Gasteiger partial charge in [-0.05, 0) is 48.0 Å². The van der Waals surface area contributed by atoms with Crippen molar-refractivity contribution in [3.05, 3.63) is 83.7 Å². The molecule has 2 aromatic carbocycles. The highest BCUT2D eigenvalue weighted by Crippen LogP contribution is 2.29. The SMILES string of the molecule is COc1ccc(CC(=O)Nc2cc(C(=O)N3CCNCC3)ccc2N2CCN(C(=O)c3ccncc3)CC2)cc1. The number of nitrogens with zero attached hydrogens (tertiary/aromatic N) is 4. The molecule has 2 saturated heterocycles. The molecular formula is C30H34N6O4. The lowest BCUT2D eigenvalue weighted by molar-refractivity contribution is -0.115. The average molecular weight is 543 g/mol. The Hall–Kier alpha value is -4.44. The maximum absolute atomic E-state index is 13.2. The lowest BCUT2D eigenvalue weighted by Crippen LogP contribution is -2.49. The first kappa shape index (κ1) is 27.1. The third-order valence-corrected chi connectivity index (χ3v) is 7.28. The number of nitrogens with one attached hydrogen (secondary N) is 2. The van der Waals surface area contributed by atoms with Crippen molar-refractivity contribution in [2.24, 2.45) is 0 Å². The van der Waals surface area contributed by atoms with E-state index in [0.717, 1.165) is 30.1 Å². The Labute approximate surface area is 233 Å². The van der Waals surface area contributed by atoms with Crippen molar-refractivity contribution < 1.29 is 19.1 Å². The minimum atomic E-state index is -0.176. The molecular weight excluding hydrogens is 508 g/mol. The van der Waals surface area contributed by atoms with Gasteiger partial charge in [-0.1, -0.05) is 12.1 Å². The third-order valence-electron chi connectivity index (χ3n) is 7.28. The Balaban J connectivity index is 1.33. The van der Waals surface area contributed by atoms with E-state index >= 15 is 0 Å². The van der Waals surface area contributed by atoms with Crippen LogP contribution < -0.4 is 20.3 Å². The Bertz CT molecular complexity index is 1330. The van der Waals surface area contributed by atoms with Crippen LogP contribution in [-0.2, 0) is 11.2 Å². The van der Waals surface area contributed by atoms with Gasteiger partial charge in [0.1, 0.15) is 5.75 Å². The first-order valence-corrected chi connectivity index (χ1v) is 13.5. The summed E-state index contributed by atoms with van der Waals surface area (Å²) in [4.78, 5) is 49.1. The smallest absolute Gasteiger partial charge is 0.254 e. The second-order valence-electron chi connectivity index (χ2n) is 9.86. The summed E-state index contributed by atoms with van der Waals surface area (Å²) < 4.78 is 5.21. The summed E-state index contributed by atoms with van der Waals surface area (Å²) in [6, 6.07) is 16.3. The highest BCUT2D eigenvalue weighted by Gasteiger charge is 2.25. The molecule has 208 valence electrons. The Kier molecular flexibility index (Phi) is 8.56. The van der Waals surface area contributed by atoms with Gasteiger partial charge in [-0.2, -0.15) is 0 Å². The largest absolute Gasteiger partial charge is 0.497 e. The molecule has 1 aromatic heterocycles. The van der Waals surface area contributed by atoms with E-state index in [2.05, 4.69) is 20.5 Å². The number of methoxy groups -OCH3 is 1. The number of pyridine rings is 1. The minimum absolute atomic E-state index is 0.0213. The maximum atomic E-state index is 13.2. The number of hydrogen-bond acceptors (Lipinski definition) is 7. The van der Waals surface area contributed by atoms with E-state index in [4.69, 9.17) is 4.74 Å². The molecule has 10 heteroatoms. The second kappa shape index (κ2) is 12.6. The average Bonchev–Trinajstić information content (AvgIpc) is 3.01. The van der Waals surface area contributed by atoms with Gasteiger partial charge in [-0.25, -0.2) is 0 Å². The number of aromatic nitrogens is 1. The van der Waals surface area contributed by atoms with Gasteiger partial charge in [0.15, 0.2) is 0 Å². The normalized spacial score (nSPS) is 15.5. The Morgan fingerprint density at radius 3 is 2.15 bits per heavy atom. The van der Waals surface area contributed by atoms with Crippen molar-refractivity contribution >= 4 is 29.1 Å². The fraction of sp³-hybridized carbons (Fsp3) is 0.333. The van der Waals surface area contributed by atoms with Crippen molar-refractivity contribution in [3.63, 3.8) is 0 Å². The van der Waals surface area contributed by atoms with Crippen molar-refractivity contribution in [3.8, 4) is 5.75 Å². The van der Waals surface area contributed by atoms with Crippen LogP contribution in [0.15, 0.2) is 67.0 Å². The van der Waals surface area contributed by atoms with Gasteiger partial charge in [-0.3, -0.25) is 19.4 Å². The lowest BCUT2D eigenvalue weighted by Gasteiger charge is -2.37. The summed E-state index contributed by atoms with van der Waals surface area (Å²) in [6.07, 6.45) is 3.43. The number of piperazine rings is 2.